The van der Waals surface area contributed by atoms with Crippen LogP contribution in [-0.4, -0.2) is 37.4 Å². The first-order valence-corrected chi connectivity index (χ1v) is 9.51. The number of carbonyl (C=O) groups excluding carboxylic acids is 1. The van der Waals surface area contributed by atoms with Gasteiger partial charge in [0.15, 0.2) is 0 Å². The summed E-state index contributed by atoms with van der Waals surface area (Å²) in [6.45, 7) is 0.183. The van der Waals surface area contributed by atoms with Crippen molar-refractivity contribution in [2.75, 3.05) is 13.2 Å². The van der Waals surface area contributed by atoms with Crippen molar-refractivity contribution in [2.24, 2.45) is 5.14 Å². The number of sulfonamides is 1. The average Bonchev–Trinajstić information content (AvgIpc) is 3.20. The number of aromatic nitrogens is 2. The molecule has 0 saturated heterocycles. The van der Waals surface area contributed by atoms with Gasteiger partial charge in [-0.05, 0) is 54.6 Å². The third-order valence-electron chi connectivity index (χ3n) is 3.61. The van der Waals surface area contributed by atoms with Crippen molar-refractivity contribution in [3.63, 3.8) is 0 Å². The lowest BCUT2D eigenvalue weighted by Crippen LogP contribution is -2.13. The van der Waals surface area contributed by atoms with Gasteiger partial charge in [-0.25, -0.2) is 23.0 Å². The summed E-state index contributed by atoms with van der Waals surface area (Å²) in [7, 11) is -3.73. The van der Waals surface area contributed by atoms with E-state index in [0.717, 1.165) is 5.69 Å². The maximum absolute atomic E-state index is 12.0. The second kappa shape index (κ2) is 8.02. The van der Waals surface area contributed by atoms with Crippen molar-refractivity contribution in [1.82, 2.24) is 9.78 Å². The lowest BCUT2D eigenvalue weighted by molar-refractivity contribution is 0.0450. The largest absolute Gasteiger partial charge is 0.490 e. The molecule has 0 aliphatic carbocycles. The molecule has 3 aromatic rings. The first-order chi connectivity index (χ1) is 12.9. The standard InChI is InChI=1S/C18H17N3O5S/c19-27(23,24)17-8-6-16(7-9-17)25-12-13-26-18(22)14-2-4-15(5-3-14)21-11-1-10-20-21/h1-11H,12-13H2,(H2,19,23,24). The van der Waals surface area contributed by atoms with E-state index in [2.05, 4.69) is 5.10 Å². The molecule has 0 spiro atoms. The van der Waals surface area contributed by atoms with Crippen molar-refractivity contribution in [2.45, 2.75) is 4.90 Å². The number of carbonyl (C=O) groups is 1. The number of primary sulfonamides is 1. The van der Waals surface area contributed by atoms with Crippen LogP contribution in [0.4, 0.5) is 0 Å². The lowest BCUT2D eigenvalue weighted by atomic mass is 10.2. The number of hydrogen-bond donors (Lipinski definition) is 1. The zero-order valence-corrected chi connectivity index (χ0v) is 15.0. The molecule has 2 N–H and O–H groups in total. The van der Waals surface area contributed by atoms with E-state index < -0.39 is 16.0 Å². The van der Waals surface area contributed by atoms with Crippen LogP contribution in [0.3, 0.4) is 0 Å². The molecule has 27 heavy (non-hydrogen) atoms. The summed E-state index contributed by atoms with van der Waals surface area (Å²) in [6, 6.07) is 14.3. The Labute approximate surface area is 156 Å². The number of benzene rings is 2. The van der Waals surface area contributed by atoms with Gasteiger partial charge >= 0.3 is 5.97 Å². The quantitative estimate of drug-likeness (QED) is 0.488. The van der Waals surface area contributed by atoms with Crippen molar-refractivity contribution >= 4 is 16.0 Å². The third kappa shape index (κ3) is 4.93. The topological polar surface area (TPSA) is 114 Å². The monoisotopic (exact) mass is 387 g/mol. The molecule has 0 atom stereocenters. The minimum absolute atomic E-state index is 0.000152. The van der Waals surface area contributed by atoms with Crippen molar-refractivity contribution in [3.05, 3.63) is 72.6 Å². The van der Waals surface area contributed by atoms with Crippen LogP contribution in [-0.2, 0) is 14.8 Å². The van der Waals surface area contributed by atoms with Gasteiger partial charge in [0.2, 0.25) is 10.0 Å². The molecule has 0 aliphatic heterocycles. The molecular formula is C18H17N3O5S. The Bertz CT molecular complexity index is 998. The SMILES string of the molecule is NS(=O)(=O)c1ccc(OCCOC(=O)c2ccc(-n3cccn3)cc2)cc1. The Kier molecular flexibility index (Phi) is 5.53. The summed E-state index contributed by atoms with van der Waals surface area (Å²) in [5.41, 5.74) is 1.26. The van der Waals surface area contributed by atoms with E-state index in [1.54, 1.807) is 41.3 Å². The first kappa shape index (κ1) is 18.6. The molecule has 8 nitrogen and oxygen atoms in total. The number of esters is 1. The predicted molar refractivity (Wildman–Crippen MR) is 97.2 cm³/mol. The molecule has 0 saturated carbocycles. The highest BCUT2D eigenvalue weighted by atomic mass is 32.2. The van der Waals surface area contributed by atoms with Crippen LogP contribution in [0.5, 0.6) is 5.75 Å². The molecule has 0 bridgehead atoms. The molecule has 0 amide bonds. The molecule has 9 heteroatoms. The van der Waals surface area contributed by atoms with Crippen LogP contribution in [0.15, 0.2) is 71.9 Å². The van der Waals surface area contributed by atoms with E-state index in [1.165, 1.54) is 24.3 Å². The van der Waals surface area contributed by atoms with Gasteiger partial charge in [0.25, 0.3) is 0 Å². The number of nitrogens with zero attached hydrogens (tertiary/aromatic N) is 2. The van der Waals surface area contributed by atoms with Crippen LogP contribution in [0, 0.1) is 0 Å². The Morgan fingerprint density at radius 1 is 1.04 bits per heavy atom. The molecule has 3 rings (SSSR count). The van der Waals surface area contributed by atoms with E-state index in [0.29, 0.717) is 11.3 Å². The third-order valence-corrected chi connectivity index (χ3v) is 4.54. The lowest BCUT2D eigenvalue weighted by Gasteiger charge is -2.08. The minimum atomic E-state index is -3.73. The van der Waals surface area contributed by atoms with Crippen LogP contribution < -0.4 is 9.88 Å². The molecule has 0 fully saturated rings. The second-order valence-corrected chi connectivity index (χ2v) is 7.06. The van der Waals surface area contributed by atoms with Crippen LogP contribution in [0.25, 0.3) is 5.69 Å². The maximum atomic E-state index is 12.0. The van der Waals surface area contributed by atoms with Gasteiger partial charge in [0.05, 0.1) is 16.1 Å². The Morgan fingerprint density at radius 3 is 2.33 bits per heavy atom. The van der Waals surface area contributed by atoms with Crippen LogP contribution in [0.1, 0.15) is 10.4 Å². The van der Waals surface area contributed by atoms with E-state index >= 15 is 0 Å². The summed E-state index contributed by atoms with van der Waals surface area (Å²) in [5.74, 6) is -0.0165. The van der Waals surface area contributed by atoms with Crippen molar-refractivity contribution in [1.29, 1.82) is 0 Å². The number of nitrogens with two attached hydrogens (primary N) is 1. The average molecular weight is 387 g/mol. The predicted octanol–water partition coefficient (Wildman–Crippen LogP) is 1.76. The first-order valence-electron chi connectivity index (χ1n) is 7.96. The van der Waals surface area contributed by atoms with Crippen molar-refractivity contribution in [3.8, 4) is 11.4 Å². The van der Waals surface area contributed by atoms with Gasteiger partial charge in [-0.2, -0.15) is 5.10 Å². The zero-order chi connectivity index (χ0) is 19.3. The number of ether oxygens (including phenoxy) is 2. The van der Waals surface area contributed by atoms with E-state index in [9.17, 15) is 13.2 Å². The highest BCUT2D eigenvalue weighted by Gasteiger charge is 2.09. The minimum Gasteiger partial charge on any atom is -0.490 e. The molecule has 0 aliphatic rings. The Balaban J connectivity index is 1.47. The van der Waals surface area contributed by atoms with Crippen LogP contribution in [0.2, 0.25) is 0 Å². The fourth-order valence-electron chi connectivity index (χ4n) is 2.27. The number of rotatable bonds is 7. The molecule has 1 aromatic heterocycles. The normalized spacial score (nSPS) is 11.1. The van der Waals surface area contributed by atoms with Gasteiger partial charge in [0, 0.05) is 12.4 Å². The van der Waals surface area contributed by atoms with Gasteiger partial charge in [-0.1, -0.05) is 0 Å². The molecular weight excluding hydrogens is 370 g/mol. The molecule has 0 radical (unpaired) electrons. The Hall–Kier alpha value is -3.17. The van der Waals surface area contributed by atoms with Crippen molar-refractivity contribution < 1.29 is 22.7 Å². The van der Waals surface area contributed by atoms with Gasteiger partial charge in [0.1, 0.15) is 19.0 Å². The van der Waals surface area contributed by atoms with Gasteiger partial charge in [-0.3, -0.25) is 0 Å². The molecule has 0 unspecified atom stereocenters. The summed E-state index contributed by atoms with van der Waals surface area (Å²) in [6.07, 6.45) is 3.48. The molecule has 1 heterocycles. The summed E-state index contributed by atoms with van der Waals surface area (Å²) in [5, 5.41) is 9.14. The van der Waals surface area contributed by atoms with E-state index in [-0.39, 0.29) is 18.1 Å². The smallest absolute Gasteiger partial charge is 0.338 e. The summed E-state index contributed by atoms with van der Waals surface area (Å²) in [4.78, 5) is 12.0. The van der Waals surface area contributed by atoms with Gasteiger partial charge < -0.3 is 9.47 Å². The molecule has 2 aromatic carbocycles. The highest BCUT2D eigenvalue weighted by Crippen LogP contribution is 2.15. The summed E-state index contributed by atoms with van der Waals surface area (Å²) < 4.78 is 34.6. The van der Waals surface area contributed by atoms with Gasteiger partial charge in [-0.15, -0.1) is 0 Å². The van der Waals surface area contributed by atoms with E-state index in [4.69, 9.17) is 14.6 Å². The Morgan fingerprint density at radius 2 is 1.74 bits per heavy atom. The summed E-state index contributed by atoms with van der Waals surface area (Å²) >= 11 is 0. The highest BCUT2D eigenvalue weighted by molar-refractivity contribution is 7.89. The maximum Gasteiger partial charge on any atom is 0.338 e. The second-order valence-electron chi connectivity index (χ2n) is 5.50. The van der Waals surface area contributed by atoms with Crippen LogP contribution >= 0.6 is 0 Å². The van der Waals surface area contributed by atoms with E-state index in [1.807, 2.05) is 6.07 Å². The zero-order valence-electron chi connectivity index (χ0n) is 14.2. The molecule has 140 valence electrons. The fraction of sp³-hybridized carbons (Fsp3) is 0.111. The number of hydrogen-bond acceptors (Lipinski definition) is 6. The fourth-order valence-corrected chi connectivity index (χ4v) is 2.79.